The van der Waals surface area contributed by atoms with Gasteiger partial charge < -0.3 is 11.1 Å². The summed E-state index contributed by atoms with van der Waals surface area (Å²) < 4.78 is 1.73. The van der Waals surface area contributed by atoms with Gasteiger partial charge in [-0.1, -0.05) is 66.3 Å². The van der Waals surface area contributed by atoms with E-state index in [-0.39, 0.29) is 23.1 Å². The molecule has 0 bridgehead atoms. The van der Waals surface area contributed by atoms with Crippen LogP contribution in [0.1, 0.15) is 43.1 Å². The topological polar surface area (TPSA) is 110 Å². The normalized spacial score (nSPS) is 13.9. The Morgan fingerprint density at radius 2 is 1.97 bits per heavy atom. The summed E-state index contributed by atoms with van der Waals surface area (Å²) in [5.41, 5.74) is 10.5. The van der Waals surface area contributed by atoms with Gasteiger partial charge in [-0.2, -0.15) is 10.2 Å². The average molecular weight is 487 g/mol. The number of allylic oxidation sites excluding steroid dienone is 6. The largest absolute Gasteiger partial charge is 0.368 e. The predicted molar refractivity (Wildman–Crippen MR) is 148 cm³/mol. The van der Waals surface area contributed by atoms with Crippen LogP contribution < -0.4 is 16.6 Å². The molecule has 7 nitrogen and oxygen atoms in total. The van der Waals surface area contributed by atoms with Gasteiger partial charge in [0.05, 0.1) is 17.6 Å². The standard InChI is InChI=1S/C30H26N6O/c1-19-9-6-7-10-21(15-19)25-14-8-11-22-16-26(20(2)34-28-23(17-31)18-33-30(32)35-28)36(29(37)27(22)25)24-12-4-3-5-13-24/h3-5,7-16,18,20H,6H2,1-2H3,(H3,32,33,34,35). The van der Waals surface area contributed by atoms with E-state index in [1.54, 1.807) is 4.57 Å². The second kappa shape index (κ2) is 9.96. The smallest absolute Gasteiger partial charge is 0.263 e. The lowest BCUT2D eigenvalue weighted by Crippen LogP contribution is -2.26. The Kier molecular flexibility index (Phi) is 6.40. The lowest BCUT2D eigenvalue weighted by atomic mass is 9.96. The Bertz CT molecular complexity index is 1690. The van der Waals surface area contributed by atoms with Gasteiger partial charge in [0.1, 0.15) is 17.5 Å². The molecule has 1 aliphatic rings. The number of nitrogens with zero attached hydrogens (tertiary/aromatic N) is 4. The molecule has 0 fully saturated rings. The molecule has 1 unspecified atom stereocenters. The highest BCUT2D eigenvalue weighted by atomic mass is 16.1. The third-order valence-corrected chi connectivity index (χ3v) is 6.38. The molecular weight excluding hydrogens is 460 g/mol. The molecule has 0 radical (unpaired) electrons. The second-order valence-corrected chi connectivity index (χ2v) is 8.97. The summed E-state index contributed by atoms with van der Waals surface area (Å²) in [4.78, 5) is 22.4. The van der Waals surface area contributed by atoms with Gasteiger partial charge in [-0.15, -0.1) is 0 Å². The van der Waals surface area contributed by atoms with Crippen LogP contribution in [0.3, 0.4) is 0 Å². The highest BCUT2D eigenvalue weighted by Gasteiger charge is 2.20. The first-order chi connectivity index (χ1) is 18.0. The minimum absolute atomic E-state index is 0.0615. The number of nitrogens with one attached hydrogen (secondary N) is 1. The summed E-state index contributed by atoms with van der Waals surface area (Å²) in [6, 6.07) is 19.2. The first-order valence-electron chi connectivity index (χ1n) is 12.0. The van der Waals surface area contributed by atoms with Crippen molar-refractivity contribution >= 4 is 28.1 Å². The Morgan fingerprint density at radius 3 is 2.76 bits per heavy atom. The number of pyridine rings is 1. The SMILES string of the molecule is CC1=CCC=CC(c2cccc3cc(C(C)Nc4nc(N)ncc4C#N)n(-c4ccccc4)c(=O)c23)=C1. The molecule has 4 aromatic rings. The van der Waals surface area contributed by atoms with Crippen molar-refractivity contribution in [2.24, 2.45) is 0 Å². The Hall–Kier alpha value is -4.96. The van der Waals surface area contributed by atoms with Gasteiger partial charge >= 0.3 is 0 Å². The van der Waals surface area contributed by atoms with E-state index in [1.165, 1.54) is 6.20 Å². The molecule has 0 saturated heterocycles. The first kappa shape index (κ1) is 23.8. The molecule has 2 aromatic heterocycles. The van der Waals surface area contributed by atoms with Crippen molar-refractivity contribution in [2.75, 3.05) is 11.1 Å². The third-order valence-electron chi connectivity index (χ3n) is 6.38. The molecule has 2 aromatic carbocycles. The molecule has 5 rings (SSSR count). The number of rotatable bonds is 5. The number of nitrogen functional groups attached to an aromatic ring is 1. The Labute approximate surface area is 214 Å². The van der Waals surface area contributed by atoms with E-state index in [9.17, 15) is 10.1 Å². The van der Waals surface area contributed by atoms with Crippen LogP contribution in [0.4, 0.5) is 11.8 Å². The van der Waals surface area contributed by atoms with Gasteiger partial charge in [-0.25, -0.2) is 4.98 Å². The molecule has 2 heterocycles. The number of para-hydroxylation sites is 1. The van der Waals surface area contributed by atoms with Crippen LogP contribution in [0, 0.1) is 11.3 Å². The highest BCUT2D eigenvalue weighted by Crippen LogP contribution is 2.30. The van der Waals surface area contributed by atoms with Crippen LogP contribution in [0.25, 0.3) is 22.0 Å². The summed E-state index contributed by atoms with van der Waals surface area (Å²) in [7, 11) is 0. The molecule has 0 spiro atoms. The van der Waals surface area contributed by atoms with Crippen molar-refractivity contribution in [3.63, 3.8) is 0 Å². The van der Waals surface area contributed by atoms with Gasteiger partial charge in [-0.05, 0) is 55.0 Å². The van der Waals surface area contributed by atoms with Crippen LogP contribution in [0.2, 0.25) is 0 Å². The maximum Gasteiger partial charge on any atom is 0.263 e. The van der Waals surface area contributed by atoms with Gasteiger partial charge in [0.2, 0.25) is 5.95 Å². The minimum Gasteiger partial charge on any atom is -0.368 e. The molecule has 7 heteroatoms. The fraction of sp³-hybridized carbons (Fsp3) is 0.133. The molecule has 1 atom stereocenters. The van der Waals surface area contributed by atoms with Gasteiger partial charge in [-0.3, -0.25) is 9.36 Å². The lowest BCUT2D eigenvalue weighted by molar-refractivity contribution is 0.772. The quantitative estimate of drug-likeness (QED) is 0.375. The molecule has 0 aliphatic heterocycles. The van der Waals surface area contributed by atoms with E-state index in [0.29, 0.717) is 11.2 Å². The van der Waals surface area contributed by atoms with Gasteiger partial charge in [0, 0.05) is 11.4 Å². The van der Waals surface area contributed by atoms with E-state index in [2.05, 4.69) is 52.6 Å². The van der Waals surface area contributed by atoms with E-state index in [1.807, 2.05) is 61.5 Å². The number of aromatic nitrogens is 3. The maximum absolute atomic E-state index is 14.3. The molecule has 3 N–H and O–H groups in total. The van der Waals surface area contributed by atoms with Crippen LogP contribution >= 0.6 is 0 Å². The van der Waals surface area contributed by atoms with Crippen molar-refractivity contribution in [3.8, 4) is 11.8 Å². The maximum atomic E-state index is 14.3. The van der Waals surface area contributed by atoms with E-state index < -0.39 is 0 Å². The summed E-state index contributed by atoms with van der Waals surface area (Å²) >= 11 is 0. The summed E-state index contributed by atoms with van der Waals surface area (Å²) in [6.45, 7) is 4.00. The molecule has 37 heavy (non-hydrogen) atoms. The van der Waals surface area contributed by atoms with E-state index in [0.717, 1.165) is 39.9 Å². The van der Waals surface area contributed by atoms with Gasteiger partial charge in [0.25, 0.3) is 5.56 Å². The fourth-order valence-corrected chi connectivity index (χ4v) is 4.62. The predicted octanol–water partition coefficient (Wildman–Crippen LogP) is 5.70. The molecule has 0 amide bonds. The zero-order valence-electron chi connectivity index (χ0n) is 20.6. The minimum atomic E-state index is -0.385. The summed E-state index contributed by atoms with van der Waals surface area (Å²) in [5.74, 6) is 0.380. The molecule has 182 valence electrons. The van der Waals surface area contributed by atoms with Crippen LogP contribution in [0.15, 0.2) is 95.5 Å². The van der Waals surface area contributed by atoms with Crippen LogP contribution in [-0.4, -0.2) is 14.5 Å². The molecule has 0 saturated carbocycles. The average Bonchev–Trinajstić information content (AvgIpc) is 3.13. The zero-order valence-corrected chi connectivity index (χ0v) is 20.6. The number of benzene rings is 2. The van der Waals surface area contributed by atoms with E-state index in [4.69, 9.17) is 5.73 Å². The second-order valence-electron chi connectivity index (χ2n) is 8.97. The first-order valence-corrected chi connectivity index (χ1v) is 12.0. The number of anilines is 2. The molecular formula is C30H26N6O. The van der Waals surface area contributed by atoms with Gasteiger partial charge in [0.15, 0.2) is 0 Å². The number of nitrogens with two attached hydrogens (primary N) is 1. The zero-order chi connectivity index (χ0) is 25.9. The number of hydrogen-bond acceptors (Lipinski definition) is 6. The fourth-order valence-electron chi connectivity index (χ4n) is 4.62. The summed E-state index contributed by atoms with van der Waals surface area (Å²) in [5, 5.41) is 14.3. The Balaban J connectivity index is 1.74. The van der Waals surface area contributed by atoms with Crippen molar-refractivity contribution in [2.45, 2.75) is 26.3 Å². The number of fused-ring (bicyclic) bond motifs is 1. The van der Waals surface area contributed by atoms with Crippen LogP contribution in [-0.2, 0) is 0 Å². The molecule has 1 aliphatic carbocycles. The van der Waals surface area contributed by atoms with Crippen molar-refractivity contribution in [1.29, 1.82) is 5.26 Å². The highest BCUT2D eigenvalue weighted by molar-refractivity contribution is 5.96. The lowest BCUT2D eigenvalue weighted by Gasteiger charge is -2.22. The van der Waals surface area contributed by atoms with Crippen molar-refractivity contribution in [1.82, 2.24) is 14.5 Å². The number of nitriles is 1. The Morgan fingerprint density at radius 1 is 1.16 bits per heavy atom. The van der Waals surface area contributed by atoms with Crippen LogP contribution in [0.5, 0.6) is 0 Å². The van der Waals surface area contributed by atoms with Crippen molar-refractivity contribution < 1.29 is 0 Å². The monoisotopic (exact) mass is 486 g/mol. The summed E-state index contributed by atoms with van der Waals surface area (Å²) in [6.07, 6.45) is 10.7. The third kappa shape index (κ3) is 4.65. The number of hydrogen-bond donors (Lipinski definition) is 2. The van der Waals surface area contributed by atoms with Crippen molar-refractivity contribution in [3.05, 3.63) is 118 Å². The van der Waals surface area contributed by atoms with E-state index >= 15 is 0 Å².